The lowest BCUT2D eigenvalue weighted by atomic mass is 9.86. The number of hydrogen-bond acceptors (Lipinski definition) is 6. The molecule has 158 valence electrons. The molecule has 0 amide bonds. The second-order valence-electron chi connectivity index (χ2n) is 7.47. The van der Waals surface area contributed by atoms with Crippen molar-refractivity contribution in [2.45, 2.75) is 31.5 Å². The Morgan fingerprint density at radius 3 is 2.73 bits per heavy atom. The van der Waals surface area contributed by atoms with Gasteiger partial charge in [-0.2, -0.15) is 0 Å². The average Bonchev–Trinajstić information content (AvgIpc) is 2.75. The Kier molecular flexibility index (Phi) is 6.04. The van der Waals surface area contributed by atoms with Crippen LogP contribution >= 0.6 is 11.6 Å². The second kappa shape index (κ2) is 8.71. The van der Waals surface area contributed by atoms with Crippen LogP contribution in [-0.2, 0) is 0 Å². The number of hydrogen-bond donors (Lipinski definition) is 2. The maximum atomic E-state index is 14.6. The minimum absolute atomic E-state index is 0.0194. The molecule has 0 aliphatic heterocycles. The SMILES string of the molecule is COc1cc2c(-c3cccc(Cl)c3F)ncnc2cc1OCC1CCC(O)C(O)C1. The Bertz CT molecular complexity index is 1060. The zero-order valence-corrected chi connectivity index (χ0v) is 17.1. The van der Waals surface area contributed by atoms with Gasteiger partial charge in [0.15, 0.2) is 17.3 Å². The molecular formula is C22H22ClFN2O4. The molecule has 3 atom stereocenters. The Hall–Kier alpha value is -2.48. The van der Waals surface area contributed by atoms with Gasteiger partial charge in [0.1, 0.15) is 6.33 Å². The number of halogens is 2. The Morgan fingerprint density at radius 1 is 1.13 bits per heavy atom. The molecule has 0 bridgehead atoms. The first kappa shape index (κ1) is 20.8. The fourth-order valence-corrected chi connectivity index (χ4v) is 3.99. The molecule has 0 radical (unpaired) electrons. The highest BCUT2D eigenvalue weighted by Gasteiger charge is 2.28. The normalized spacial score (nSPS) is 21.6. The van der Waals surface area contributed by atoms with Gasteiger partial charge in [-0.1, -0.05) is 17.7 Å². The van der Waals surface area contributed by atoms with Crippen molar-refractivity contribution in [3.8, 4) is 22.8 Å². The number of methoxy groups -OCH3 is 1. The molecule has 2 aromatic carbocycles. The molecule has 1 heterocycles. The van der Waals surface area contributed by atoms with Crippen molar-refractivity contribution >= 4 is 22.5 Å². The second-order valence-corrected chi connectivity index (χ2v) is 7.88. The van der Waals surface area contributed by atoms with E-state index in [0.29, 0.717) is 47.5 Å². The van der Waals surface area contributed by atoms with E-state index in [2.05, 4.69) is 9.97 Å². The third kappa shape index (κ3) is 4.05. The fourth-order valence-electron chi connectivity index (χ4n) is 3.81. The standard InChI is InChI=1S/C22H22ClFN2O4/c1-29-19-8-14-16(9-20(19)30-10-12-5-6-17(27)18(28)7-12)25-11-26-22(14)13-3-2-4-15(23)21(13)24/h2-4,8-9,11-12,17-18,27-28H,5-7,10H2,1H3. The summed E-state index contributed by atoms with van der Waals surface area (Å²) >= 11 is 5.94. The molecule has 30 heavy (non-hydrogen) atoms. The highest BCUT2D eigenvalue weighted by molar-refractivity contribution is 6.31. The molecule has 1 aromatic heterocycles. The highest BCUT2D eigenvalue weighted by Crippen LogP contribution is 2.37. The van der Waals surface area contributed by atoms with Crippen LogP contribution in [0.3, 0.4) is 0 Å². The molecule has 2 N–H and O–H groups in total. The van der Waals surface area contributed by atoms with E-state index in [1.807, 2.05) is 0 Å². The van der Waals surface area contributed by atoms with Gasteiger partial charge in [-0.3, -0.25) is 0 Å². The highest BCUT2D eigenvalue weighted by atomic mass is 35.5. The zero-order valence-electron chi connectivity index (χ0n) is 16.4. The minimum Gasteiger partial charge on any atom is -0.493 e. The number of benzene rings is 2. The smallest absolute Gasteiger partial charge is 0.163 e. The predicted molar refractivity (Wildman–Crippen MR) is 111 cm³/mol. The van der Waals surface area contributed by atoms with Crippen molar-refractivity contribution in [2.75, 3.05) is 13.7 Å². The first-order valence-corrected chi connectivity index (χ1v) is 10.1. The van der Waals surface area contributed by atoms with Crippen molar-refractivity contribution in [3.63, 3.8) is 0 Å². The summed E-state index contributed by atoms with van der Waals surface area (Å²) in [6.07, 6.45) is 1.78. The molecule has 8 heteroatoms. The number of fused-ring (bicyclic) bond motifs is 1. The molecule has 1 aliphatic carbocycles. The van der Waals surface area contributed by atoms with Crippen LogP contribution in [-0.4, -0.2) is 46.1 Å². The fraction of sp³-hybridized carbons (Fsp3) is 0.364. The summed E-state index contributed by atoms with van der Waals surface area (Å²) < 4.78 is 26.0. The van der Waals surface area contributed by atoms with Crippen molar-refractivity contribution in [2.24, 2.45) is 5.92 Å². The van der Waals surface area contributed by atoms with Crippen LogP contribution in [0.4, 0.5) is 4.39 Å². The molecule has 0 saturated heterocycles. The van der Waals surface area contributed by atoms with Crippen molar-refractivity contribution < 1.29 is 24.1 Å². The average molecular weight is 433 g/mol. The van der Waals surface area contributed by atoms with E-state index < -0.39 is 18.0 Å². The Morgan fingerprint density at radius 2 is 1.97 bits per heavy atom. The van der Waals surface area contributed by atoms with Gasteiger partial charge in [-0.15, -0.1) is 0 Å². The number of ether oxygens (including phenoxy) is 2. The number of nitrogens with zero attached hydrogens (tertiary/aromatic N) is 2. The molecule has 3 aromatic rings. The zero-order chi connectivity index (χ0) is 21.3. The molecule has 6 nitrogen and oxygen atoms in total. The van der Waals surface area contributed by atoms with Crippen LogP contribution in [0, 0.1) is 11.7 Å². The topological polar surface area (TPSA) is 84.7 Å². The summed E-state index contributed by atoms with van der Waals surface area (Å²) in [5.74, 6) is 0.557. The van der Waals surface area contributed by atoms with Gasteiger partial charge in [0.2, 0.25) is 0 Å². The minimum atomic E-state index is -0.728. The van der Waals surface area contributed by atoms with Crippen molar-refractivity contribution in [3.05, 3.63) is 47.5 Å². The lowest BCUT2D eigenvalue weighted by Gasteiger charge is -2.30. The molecule has 1 saturated carbocycles. The lowest BCUT2D eigenvalue weighted by Crippen LogP contribution is -2.35. The summed E-state index contributed by atoms with van der Waals surface area (Å²) in [7, 11) is 1.53. The molecular weight excluding hydrogens is 411 g/mol. The van der Waals surface area contributed by atoms with Gasteiger partial charge in [-0.05, 0) is 43.4 Å². The largest absolute Gasteiger partial charge is 0.493 e. The molecule has 0 spiro atoms. The monoisotopic (exact) mass is 432 g/mol. The lowest BCUT2D eigenvalue weighted by molar-refractivity contribution is -0.0317. The van der Waals surface area contributed by atoms with Crippen LogP contribution in [0.15, 0.2) is 36.7 Å². The third-order valence-electron chi connectivity index (χ3n) is 5.49. The van der Waals surface area contributed by atoms with Crippen molar-refractivity contribution in [1.29, 1.82) is 0 Å². The summed E-state index contributed by atoms with van der Waals surface area (Å²) in [6, 6.07) is 8.22. The van der Waals surface area contributed by atoms with Crippen LogP contribution in [0.5, 0.6) is 11.5 Å². The molecule has 1 fully saturated rings. The Labute approximate surface area is 178 Å². The summed E-state index contributed by atoms with van der Waals surface area (Å²) in [4.78, 5) is 8.56. The summed E-state index contributed by atoms with van der Waals surface area (Å²) in [5.41, 5.74) is 1.27. The van der Waals surface area contributed by atoms with E-state index >= 15 is 0 Å². The number of aromatic nitrogens is 2. The molecule has 3 unspecified atom stereocenters. The van der Waals surface area contributed by atoms with E-state index in [1.165, 1.54) is 19.5 Å². The van der Waals surface area contributed by atoms with Gasteiger partial charge in [-0.25, -0.2) is 14.4 Å². The van der Waals surface area contributed by atoms with Gasteiger partial charge >= 0.3 is 0 Å². The summed E-state index contributed by atoms with van der Waals surface area (Å²) in [5, 5.41) is 20.2. The first-order chi connectivity index (χ1) is 14.5. The maximum absolute atomic E-state index is 14.6. The van der Waals surface area contributed by atoms with E-state index in [9.17, 15) is 14.6 Å². The van der Waals surface area contributed by atoms with Crippen LogP contribution in [0.2, 0.25) is 5.02 Å². The summed E-state index contributed by atoms with van der Waals surface area (Å²) in [6.45, 7) is 0.381. The quantitative estimate of drug-likeness (QED) is 0.634. The van der Waals surface area contributed by atoms with Gasteiger partial charge in [0.25, 0.3) is 0 Å². The van der Waals surface area contributed by atoms with Crippen LogP contribution in [0.25, 0.3) is 22.2 Å². The van der Waals surface area contributed by atoms with E-state index in [1.54, 1.807) is 24.3 Å². The van der Waals surface area contributed by atoms with E-state index in [4.69, 9.17) is 21.1 Å². The molecule has 4 rings (SSSR count). The Balaban J connectivity index is 1.66. The third-order valence-corrected chi connectivity index (χ3v) is 5.78. The molecule has 1 aliphatic rings. The predicted octanol–water partition coefficient (Wildman–Crippen LogP) is 4.00. The van der Waals surface area contributed by atoms with Gasteiger partial charge in [0, 0.05) is 17.0 Å². The van der Waals surface area contributed by atoms with Gasteiger partial charge in [0.05, 0.1) is 42.2 Å². The number of rotatable bonds is 5. The van der Waals surface area contributed by atoms with E-state index in [-0.39, 0.29) is 16.5 Å². The van der Waals surface area contributed by atoms with Crippen molar-refractivity contribution in [1.82, 2.24) is 9.97 Å². The van der Waals surface area contributed by atoms with E-state index in [0.717, 1.165) is 6.42 Å². The first-order valence-electron chi connectivity index (χ1n) is 9.74. The van der Waals surface area contributed by atoms with Crippen LogP contribution < -0.4 is 9.47 Å². The van der Waals surface area contributed by atoms with Crippen LogP contribution in [0.1, 0.15) is 19.3 Å². The maximum Gasteiger partial charge on any atom is 0.163 e. The van der Waals surface area contributed by atoms with Gasteiger partial charge < -0.3 is 19.7 Å². The number of aliphatic hydroxyl groups excluding tert-OH is 2. The number of aliphatic hydroxyl groups is 2.